The minimum Gasteiger partial charge on any atom is -0.306 e. The number of aromatic nitrogens is 1. The van der Waals surface area contributed by atoms with Crippen LogP contribution in [0.3, 0.4) is 0 Å². The van der Waals surface area contributed by atoms with Crippen LogP contribution in [-0.2, 0) is 0 Å². The van der Waals surface area contributed by atoms with E-state index in [2.05, 4.69) is 10.3 Å². The van der Waals surface area contributed by atoms with E-state index in [4.69, 9.17) is 0 Å². The number of benzene rings is 1. The molecule has 0 aliphatic heterocycles. The number of pyridine rings is 1. The first-order chi connectivity index (χ1) is 8.74. The van der Waals surface area contributed by atoms with E-state index in [0.717, 1.165) is 5.56 Å². The third-order valence-electron chi connectivity index (χ3n) is 2.74. The highest BCUT2D eigenvalue weighted by atomic mass is 19.1. The molecule has 1 aromatic heterocycles. The first kappa shape index (κ1) is 12.6. The van der Waals surface area contributed by atoms with Crippen LogP contribution in [0.4, 0.5) is 8.78 Å². The van der Waals surface area contributed by atoms with Gasteiger partial charge in [0.2, 0.25) is 0 Å². The molecule has 2 aromatic rings. The van der Waals surface area contributed by atoms with Gasteiger partial charge in [-0.3, -0.25) is 4.98 Å². The van der Waals surface area contributed by atoms with E-state index < -0.39 is 17.7 Å². The van der Waals surface area contributed by atoms with Gasteiger partial charge in [-0.15, -0.1) is 0 Å². The number of halogens is 2. The van der Waals surface area contributed by atoms with Crippen molar-refractivity contribution in [1.29, 1.82) is 0 Å². The van der Waals surface area contributed by atoms with E-state index in [0.29, 0.717) is 6.54 Å². The molecular formula is C14H14F2N2. The Morgan fingerprint density at radius 2 is 1.72 bits per heavy atom. The largest absolute Gasteiger partial charge is 0.306 e. The second-order valence-electron chi connectivity index (χ2n) is 3.91. The van der Waals surface area contributed by atoms with Crippen molar-refractivity contribution >= 4 is 0 Å². The molecule has 0 fully saturated rings. The topological polar surface area (TPSA) is 24.9 Å². The molecule has 0 saturated carbocycles. The molecule has 18 heavy (non-hydrogen) atoms. The molecule has 94 valence electrons. The van der Waals surface area contributed by atoms with Crippen molar-refractivity contribution in [3.05, 3.63) is 65.5 Å². The quantitative estimate of drug-likeness (QED) is 0.899. The maximum Gasteiger partial charge on any atom is 0.131 e. The molecule has 0 spiro atoms. The molecular weight excluding hydrogens is 234 g/mol. The average Bonchev–Trinajstić information content (AvgIpc) is 2.38. The Labute approximate surface area is 105 Å². The van der Waals surface area contributed by atoms with E-state index in [9.17, 15) is 8.78 Å². The van der Waals surface area contributed by atoms with Gasteiger partial charge in [-0.05, 0) is 36.4 Å². The highest BCUT2D eigenvalue weighted by molar-refractivity contribution is 5.32. The molecule has 4 heteroatoms. The summed E-state index contributed by atoms with van der Waals surface area (Å²) in [5, 5.41) is 3.09. The summed E-state index contributed by atoms with van der Waals surface area (Å²) in [6, 6.07) is 6.90. The van der Waals surface area contributed by atoms with Crippen LogP contribution in [0, 0.1) is 11.6 Å². The molecule has 0 aliphatic carbocycles. The van der Waals surface area contributed by atoms with Crippen LogP contribution >= 0.6 is 0 Å². The van der Waals surface area contributed by atoms with Crippen LogP contribution in [0.25, 0.3) is 0 Å². The molecule has 0 amide bonds. The lowest BCUT2D eigenvalue weighted by atomic mass is 9.98. The molecule has 1 atom stereocenters. The van der Waals surface area contributed by atoms with Crippen LogP contribution in [0.15, 0.2) is 42.7 Å². The van der Waals surface area contributed by atoms with Crippen molar-refractivity contribution in [1.82, 2.24) is 10.3 Å². The van der Waals surface area contributed by atoms with Gasteiger partial charge in [0.25, 0.3) is 0 Å². The van der Waals surface area contributed by atoms with Crippen molar-refractivity contribution < 1.29 is 8.78 Å². The molecule has 1 unspecified atom stereocenters. The zero-order chi connectivity index (χ0) is 13.0. The summed E-state index contributed by atoms with van der Waals surface area (Å²) in [5.74, 6) is -1.09. The third kappa shape index (κ3) is 2.54. The fourth-order valence-corrected chi connectivity index (χ4v) is 1.93. The third-order valence-corrected chi connectivity index (χ3v) is 2.74. The Balaban J connectivity index is 2.48. The standard InChI is InChI=1S/C14H14F2N2/c1-2-18-14(10-6-8-17-9-7-10)13-11(15)4-3-5-12(13)16/h3-9,14,18H,2H2,1H3. The van der Waals surface area contributed by atoms with Gasteiger partial charge in [0.15, 0.2) is 0 Å². The van der Waals surface area contributed by atoms with Crippen molar-refractivity contribution in [2.75, 3.05) is 6.54 Å². The van der Waals surface area contributed by atoms with E-state index in [-0.39, 0.29) is 5.56 Å². The van der Waals surface area contributed by atoms with Crippen LogP contribution < -0.4 is 5.32 Å². The normalized spacial score (nSPS) is 12.4. The summed E-state index contributed by atoms with van der Waals surface area (Å²) in [6.07, 6.45) is 3.22. The SMILES string of the molecule is CCNC(c1ccncc1)c1c(F)cccc1F. The predicted molar refractivity (Wildman–Crippen MR) is 66.1 cm³/mol. The first-order valence-corrected chi connectivity index (χ1v) is 5.81. The lowest BCUT2D eigenvalue weighted by molar-refractivity contribution is 0.510. The van der Waals surface area contributed by atoms with Crippen molar-refractivity contribution in [3.63, 3.8) is 0 Å². The van der Waals surface area contributed by atoms with Crippen LogP contribution in [0.5, 0.6) is 0 Å². The van der Waals surface area contributed by atoms with E-state index in [1.807, 2.05) is 6.92 Å². The molecule has 1 heterocycles. The summed E-state index contributed by atoms with van der Waals surface area (Å²) < 4.78 is 27.6. The lowest BCUT2D eigenvalue weighted by Gasteiger charge is -2.19. The highest BCUT2D eigenvalue weighted by Gasteiger charge is 2.20. The van der Waals surface area contributed by atoms with Gasteiger partial charge in [0.05, 0.1) is 6.04 Å². The Morgan fingerprint density at radius 1 is 1.11 bits per heavy atom. The van der Waals surface area contributed by atoms with Gasteiger partial charge in [0, 0.05) is 18.0 Å². The summed E-state index contributed by atoms with van der Waals surface area (Å²) in [4.78, 5) is 3.91. The summed E-state index contributed by atoms with van der Waals surface area (Å²) >= 11 is 0. The Kier molecular flexibility index (Phi) is 3.99. The van der Waals surface area contributed by atoms with E-state index in [1.165, 1.54) is 18.2 Å². The molecule has 0 aliphatic rings. The van der Waals surface area contributed by atoms with Gasteiger partial charge in [-0.1, -0.05) is 13.0 Å². The number of rotatable bonds is 4. The highest BCUT2D eigenvalue weighted by Crippen LogP contribution is 2.26. The lowest BCUT2D eigenvalue weighted by Crippen LogP contribution is -2.24. The molecule has 0 saturated heterocycles. The van der Waals surface area contributed by atoms with Crippen molar-refractivity contribution in [2.45, 2.75) is 13.0 Å². The predicted octanol–water partition coefficient (Wildman–Crippen LogP) is 3.06. The molecule has 0 bridgehead atoms. The zero-order valence-electron chi connectivity index (χ0n) is 10.0. The van der Waals surface area contributed by atoms with Crippen LogP contribution in [0.2, 0.25) is 0 Å². The number of hydrogen-bond acceptors (Lipinski definition) is 2. The maximum absolute atomic E-state index is 13.8. The fourth-order valence-electron chi connectivity index (χ4n) is 1.93. The summed E-state index contributed by atoms with van der Waals surface area (Å²) in [6.45, 7) is 2.51. The summed E-state index contributed by atoms with van der Waals surface area (Å²) in [7, 11) is 0. The van der Waals surface area contributed by atoms with Gasteiger partial charge < -0.3 is 5.32 Å². The van der Waals surface area contributed by atoms with Crippen LogP contribution in [-0.4, -0.2) is 11.5 Å². The molecule has 2 rings (SSSR count). The molecule has 0 radical (unpaired) electrons. The van der Waals surface area contributed by atoms with Crippen molar-refractivity contribution in [2.24, 2.45) is 0 Å². The summed E-state index contributed by atoms with van der Waals surface area (Å²) in [5.41, 5.74) is 0.835. The van der Waals surface area contributed by atoms with Gasteiger partial charge in [-0.25, -0.2) is 8.78 Å². The van der Waals surface area contributed by atoms with E-state index >= 15 is 0 Å². The fraction of sp³-hybridized carbons (Fsp3) is 0.214. The van der Waals surface area contributed by atoms with E-state index in [1.54, 1.807) is 24.5 Å². The minimum absolute atomic E-state index is 0.0468. The number of nitrogens with one attached hydrogen (secondary N) is 1. The molecule has 1 aromatic carbocycles. The maximum atomic E-state index is 13.8. The first-order valence-electron chi connectivity index (χ1n) is 5.81. The Morgan fingerprint density at radius 3 is 2.28 bits per heavy atom. The smallest absolute Gasteiger partial charge is 0.131 e. The number of hydrogen-bond donors (Lipinski definition) is 1. The molecule has 1 N–H and O–H groups in total. The van der Waals surface area contributed by atoms with Crippen LogP contribution in [0.1, 0.15) is 24.1 Å². The zero-order valence-corrected chi connectivity index (χ0v) is 10.0. The average molecular weight is 248 g/mol. The molecule has 2 nitrogen and oxygen atoms in total. The Bertz CT molecular complexity index is 494. The number of nitrogens with zero attached hydrogens (tertiary/aromatic N) is 1. The van der Waals surface area contributed by atoms with Gasteiger partial charge >= 0.3 is 0 Å². The van der Waals surface area contributed by atoms with Crippen molar-refractivity contribution in [3.8, 4) is 0 Å². The second-order valence-corrected chi connectivity index (χ2v) is 3.91. The van der Waals surface area contributed by atoms with Gasteiger partial charge in [-0.2, -0.15) is 0 Å². The Hall–Kier alpha value is -1.81. The minimum atomic E-state index is -0.544. The van der Waals surface area contributed by atoms with Gasteiger partial charge in [0.1, 0.15) is 11.6 Å². The monoisotopic (exact) mass is 248 g/mol. The second kappa shape index (κ2) is 5.69.